The first kappa shape index (κ1) is 18.7. The first-order valence-corrected chi connectivity index (χ1v) is 10.2. The Bertz CT molecular complexity index is 981. The highest BCUT2D eigenvalue weighted by molar-refractivity contribution is 9.10. The molecule has 26 heavy (non-hydrogen) atoms. The zero-order chi connectivity index (χ0) is 19.1. The van der Waals surface area contributed by atoms with Crippen LogP contribution in [-0.4, -0.2) is 20.9 Å². The predicted molar refractivity (Wildman–Crippen MR) is 104 cm³/mol. The van der Waals surface area contributed by atoms with Gasteiger partial charge in [-0.15, -0.1) is 0 Å². The molecule has 0 fully saturated rings. The lowest BCUT2D eigenvalue weighted by molar-refractivity contribution is -0.118. The van der Waals surface area contributed by atoms with Crippen molar-refractivity contribution in [3.63, 3.8) is 0 Å². The molecule has 6 nitrogen and oxygen atoms in total. The van der Waals surface area contributed by atoms with Crippen molar-refractivity contribution in [2.45, 2.75) is 31.1 Å². The number of carbonyl (C=O) groups is 1. The summed E-state index contributed by atoms with van der Waals surface area (Å²) in [5, 5.41) is 2.68. The van der Waals surface area contributed by atoms with Crippen molar-refractivity contribution in [1.82, 2.24) is 0 Å². The van der Waals surface area contributed by atoms with E-state index in [0.717, 1.165) is 5.56 Å². The molecular formula is C18H19BrN2O4S. The second kappa shape index (κ2) is 6.59. The Balaban J connectivity index is 2.01. The van der Waals surface area contributed by atoms with Gasteiger partial charge < -0.3 is 10.1 Å². The Kier molecular flexibility index (Phi) is 4.74. The second-order valence-corrected chi connectivity index (χ2v) is 9.52. The fourth-order valence-corrected chi connectivity index (χ4v) is 4.76. The Labute approximate surface area is 161 Å². The number of halogens is 1. The van der Waals surface area contributed by atoms with Crippen molar-refractivity contribution in [2.75, 3.05) is 16.6 Å². The molecular weight excluding hydrogens is 420 g/mol. The predicted octanol–water partition coefficient (Wildman–Crippen LogP) is 3.88. The van der Waals surface area contributed by atoms with Gasteiger partial charge in [-0.05, 0) is 39.0 Å². The minimum atomic E-state index is -3.81. The molecule has 8 heteroatoms. The minimum absolute atomic E-state index is 0.103. The van der Waals surface area contributed by atoms with Crippen LogP contribution in [-0.2, 0) is 20.2 Å². The Morgan fingerprint density at radius 2 is 1.88 bits per heavy atom. The third kappa shape index (κ3) is 3.71. The zero-order valence-electron chi connectivity index (χ0n) is 14.6. The maximum Gasteiger partial charge on any atom is 0.262 e. The van der Waals surface area contributed by atoms with Crippen LogP contribution >= 0.6 is 15.9 Å². The Morgan fingerprint density at radius 1 is 1.19 bits per heavy atom. The number of carbonyl (C=O) groups excluding carboxylic acids is 1. The van der Waals surface area contributed by atoms with Crippen molar-refractivity contribution < 1.29 is 17.9 Å². The number of sulfonamides is 1. The van der Waals surface area contributed by atoms with Crippen molar-refractivity contribution in [2.24, 2.45) is 0 Å². The van der Waals surface area contributed by atoms with E-state index < -0.39 is 10.0 Å². The molecule has 1 aliphatic heterocycles. The summed E-state index contributed by atoms with van der Waals surface area (Å²) in [7, 11) is -3.81. The molecule has 1 amide bonds. The van der Waals surface area contributed by atoms with E-state index in [1.165, 1.54) is 0 Å². The van der Waals surface area contributed by atoms with Crippen molar-refractivity contribution in [3.05, 3.63) is 46.4 Å². The van der Waals surface area contributed by atoms with Crippen LogP contribution in [0, 0.1) is 0 Å². The summed E-state index contributed by atoms with van der Waals surface area (Å²) >= 11 is 3.34. The molecule has 0 aliphatic carbocycles. The minimum Gasteiger partial charge on any atom is -0.482 e. The second-order valence-electron chi connectivity index (χ2n) is 7.02. The van der Waals surface area contributed by atoms with Gasteiger partial charge in [0.25, 0.3) is 15.9 Å². The fourth-order valence-electron chi connectivity index (χ4n) is 2.70. The number of amides is 1. The molecule has 0 radical (unpaired) electrons. The number of hydrogen-bond donors (Lipinski definition) is 2. The van der Waals surface area contributed by atoms with Gasteiger partial charge in [-0.3, -0.25) is 9.52 Å². The van der Waals surface area contributed by atoms with Crippen LogP contribution in [0.2, 0.25) is 0 Å². The van der Waals surface area contributed by atoms with Crippen LogP contribution in [0.25, 0.3) is 0 Å². The molecule has 0 saturated carbocycles. The third-order valence-electron chi connectivity index (χ3n) is 3.93. The summed E-state index contributed by atoms with van der Waals surface area (Å²) in [6.45, 7) is 5.79. The molecule has 0 atom stereocenters. The Morgan fingerprint density at radius 3 is 2.58 bits per heavy atom. The monoisotopic (exact) mass is 438 g/mol. The molecule has 0 unspecified atom stereocenters. The molecule has 0 bridgehead atoms. The average Bonchev–Trinajstić information content (AvgIpc) is 2.55. The number of anilines is 2. The molecule has 138 valence electrons. The highest BCUT2D eigenvalue weighted by Gasteiger charge is 2.26. The van der Waals surface area contributed by atoms with E-state index in [1.807, 2.05) is 32.9 Å². The maximum atomic E-state index is 13.0. The van der Waals surface area contributed by atoms with Crippen LogP contribution in [0.4, 0.5) is 11.4 Å². The molecule has 0 spiro atoms. The third-order valence-corrected chi connectivity index (χ3v) is 6.01. The number of rotatable bonds is 3. The van der Waals surface area contributed by atoms with Gasteiger partial charge in [0.15, 0.2) is 6.61 Å². The topological polar surface area (TPSA) is 84.5 Å². The van der Waals surface area contributed by atoms with Crippen molar-refractivity contribution >= 4 is 43.2 Å². The van der Waals surface area contributed by atoms with Crippen molar-refractivity contribution in [3.8, 4) is 5.75 Å². The molecule has 0 aromatic heterocycles. The van der Waals surface area contributed by atoms with E-state index in [1.54, 1.807) is 24.3 Å². The molecule has 1 aliphatic rings. The van der Waals surface area contributed by atoms with E-state index in [0.29, 0.717) is 21.6 Å². The average molecular weight is 439 g/mol. The summed E-state index contributed by atoms with van der Waals surface area (Å²) in [4.78, 5) is 11.6. The number of benzene rings is 2. The lowest BCUT2D eigenvalue weighted by Gasteiger charge is -2.24. The van der Waals surface area contributed by atoms with E-state index in [2.05, 4.69) is 26.0 Å². The van der Waals surface area contributed by atoms with E-state index in [9.17, 15) is 13.2 Å². The first-order chi connectivity index (χ1) is 12.1. The Hall–Kier alpha value is -2.06. The number of nitrogens with one attached hydrogen (secondary N) is 2. The molecule has 2 aromatic carbocycles. The van der Waals surface area contributed by atoms with Gasteiger partial charge in [-0.1, -0.05) is 39.0 Å². The van der Waals surface area contributed by atoms with Gasteiger partial charge in [0, 0.05) is 10.5 Å². The smallest absolute Gasteiger partial charge is 0.262 e. The van der Waals surface area contributed by atoms with Crippen LogP contribution in [0.15, 0.2) is 45.8 Å². The van der Waals surface area contributed by atoms with Crippen LogP contribution in [0.3, 0.4) is 0 Å². The summed E-state index contributed by atoms with van der Waals surface area (Å²) < 4.78 is 34.5. The number of hydrogen-bond acceptors (Lipinski definition) is 4. The lowest BCUT2D eigenvalue weighted by atomic mass is 9.87. The fraction of sp³-hybridized carbons (Fsp3) is 0.278. The summed E-state index contributed by atoms with van der Waals surface area (Å²) in [6.07, 6.45) is 0. The quantitative estimate of drug-likeness (QED) is 0.761. The highest BCUT2D eigenvalue weighted by atomic mass is 79.9. The van der Waals surface area contributed by atoms with Gasteiger partial charge in [0.2, 0.25) is 0 Å². The first-order valence-electron chi connectivity index (χ1n) is 7.96. The van der Waals surface area contributed by atoms with Gasteiger partial charge >= 0.3 is 0 Å². The van der Waals surface area contributed by atoms with Gasteiger partial charge in [0.1, 0.15) is 5.75 Å². The van der Waals surface area contributed by atoms with Gasteiger partial charge in [-0.2, -0.15) is 0 Å². The van der Waals surface area contributed by atoms with Crippen LogP contribution in [0.1, 0.15) is 26.3 Å². The van der Waals surface area contributed by atoms with E-state index in [-0.39, 0.29) is 22.8 Å². The molecule has 2 N–H and O–H groups in total. The zero-order valence-corrected chi connectivity index (χ0v) is 17.0. The SMILES string of the molecule is CC(C)(C)c1ccccc1S(=O)(=O)Nc1cc2c(cc1Br)NC(=O)CO2. The number of fused-ring (bicyclic) bond motifs is 1. The summed E-state index contributed by atoms with van der Waals surface area (Å²) in [5.74, 6) is 0.159. The van der Waals surface area contributed by atoms with Crippen LogP contribution in [0.5, 0.6) is 5.75 Å². The summed E-state index contributed by atoms with van der Waals surface area (Å²) in [5.41, 5.74) is 1.23. The summed E-state index contributed by atoms with van der Waals surface area (Å²) in [6, 6.07) is 10.1. The molecule has 3 rings (SSSR count). The maximum absolute atomic E-state index is 13.0. The van der Waals surface area contributed by atoms with Crippen LogP contribution < -0.4 is 14.8 Å². The van der Waals surface area contributed by atoms with Crippen molar-refractivity contribution in [1.29, 1.82) is 0 Å². The van der Waals surface area contributed by atoms with E-state index in [4.69, 9.17) is 4.74 Å². The van der Waals surface area contributed by atoms with Gasteiger partial charge in [0.05, 0.1) is 16.3 Å². The molecule has 2 aromatic rings. The highest BCUT2D eigenvalue weighted by Crippen LogP contribution is 2.38. The molecule has 0 saturated heterocycles. The normalized spacial score (nSPS) is 14.2. The van der Waals surface area contributed by atoms with Gasteiger partial charge in [-0.25, -0.2) is 8.42 Å². The number of ether oxygens (including phenoxy) is 1. The van der Waals surface area contributed by atoms with E-state index >= 15 is 0 Å². The lowest BCUT2D eigenvalue weighted by Crippen LogP contribution is -2.25. The largest absolute Gasteiger partial charge is 0.482 e. The standard InChI is InChI=1S/C18H19BrN2O4S/c1-18(2,3)11-6-4-5-7-16(11)26(23,24)21-13-9-15-14(8-12(13)19)20-17(22)10-25-15/h4-9,21H,10H2,1-3H3,(H,20,22). The molecule has 1 heterocycles.